The Labute approximate surface area is 280 Å². The van der Waals surface area contributed by atoms with Gasteiger partial charge in [-0.05, 0) is 97.4 Å². The number of nitrogens with zero attached hydrogens (tertiary/aromatic N) is 1. The van der Waals surface area contributed by atoms with Crippen LogP contribution in [0.5, 0.6) is 17.2 Å². The molecule has 0 amide bonds. The van der Waals surface area contributed by atoms with Crippen LogP contribution < -0.4 is 14.2 Å². The van der Waals surface area contributed by atoms with Crippen molar-refractivity contribution in [3.8, 4) is 17.2 Å². The van der Waals surface area contributed by atoms with Gasteiger partial charge in [-0.2, -0.15) is 0 Å². The summed E-state index contributed by atoms with van der Waals surface area (Å²) in [4.78, 5) is 16.0. The zero-order valence-corrected chi connectivity index (χ0v) is 27.6. The van der Waals surface area contributed by atoms with Crippen LogP contribution >= 0.6 is 11.6 Å². The van der Waals surface area contributed by atoms with Gasteiger partial charge in [0.15, 0.2) is 11.6 Å². The van der Waals surface area contributed by atoms with Gasteiger partial charge in [0, 0.05) is 47.3 Å². The molecule has 1 heterocycles. The third-order valence-corrected chi connectivity index (χ3v) is 10.2. The van der Waals surface area contributed by atoms with Gasteiger partial charge in [-0.15, -0.1) is 0 Å². The third-order valence-electron chi connectivity index (χ3n) is 9.94. The standard InChI is InChI=1S/C39H40ClF2NO4/c1-45-30-13-7-27(8-14-30)23-43(24-28-9-15-31(46-2)16-10-28)21-3-4-32-33-25-47-38-35(42)18-17-34(41)37(38)39(33,20-19-36(32)44)22-26-5-11-29(40)12-6-26/h5-18,32-33H,3-4,19-25H2,1-2H3/t32-,33-,39-/m0/s1. The van der Waals surface area contributed by atoms with Crippen LogP contribution in [0.15, 0.2) is 84.9 Å². The van der Waals surface area contributed by atoms with Gasteiger partial charge in [-0.3, -0.25) is 9.69 Å². The van der Waals surface area contributed by atoms with E-state index in [9.17, 15) is 4.79 Å². The number of hydrogen-bond acceptors (Lipinski definition) is 5. The summed E-state index contributed by atoms with van der Waals surface area (Å²) >= 11 is 6.18. The Morgan fingerprint density at radius 1 is 0.830 bits per heavy atom. The highest BCUT2D eigenvalue weighted by Crippen LogP contribution is 2.55. The van der Waals surface area contributed by atoms with Crippen LogP contribution in [0.4, 0.5) is 8.78 Å². The van der Waals surface area contributed by atoms with Crippen molar-refractivity contribution in [2.45, 2.75) is 50.6 Å². The minimum Gasteiger partial charge on any atom is -0.497 e. The summed E-state index contributed by atoms with van der Waals surface area (Å²) < 4.78 is 47.5. The largest absolute Gasteiger partial charge is 0.497 e. The molecule has 47 heavy (non-hydrogen) atoms. The lowest BCUT2D eigenvalue weighted by molar-refractivity contribution is -0.132. The molecule has 0 unspecified atom stereocenters. The molecule has 2 aliphatic rings. The van der Waals surface area contributed by atoms with E-state index in [4.69, 9.17) is 25.8 Å². The normalized spacial score (nSPS) is 20.3. The SMILES string of the molecule is COc1ccc(CN(CCC[C@@H]2C(=O)CC[C@@]3(Cc4ccc(Cl)cc4)c4c(F)ccc(F)c4OC[C@@H]23)Cc2ccc(OC)cc2)cc1. The van der Waals surface area contributed by atoms with Crippen molar-refractivity contribution in [2.24, 2.45) is 11.8 Å². The number of carbonyl (C=O) groups excluding carboxylic acids is 1. The van der Waals surface area contributed by atoms with Gasteiger partial charge < -0.3 is 14.2 Å². The van der Waals surface area contributed by atoms with E-state index in [-0.39, 0.29) is 35.5 Å². The van der Waals surface area contributed by atoms with Crippen LogP contribution in [0.1, 0.15) is 47.9 Å². The monoisotopic (exact) mass is 659 g/mol. The number of rotatable bonds is 12. The van der Waals surface area contributed by atoms with Crippen molar-refractivity contribution in [2.75, 3.05) is 27.4 Å². The number of halogens is 3. The van der Waals surface area contributed by atoms with E-state index < -0.39 is 17.0 Å². The molecule has 4 aromatic rings. The molecule has 8 heteroatoms. The van der Waals surface area contributed by atoms with Crippen molar-refractivity contribution < 1.29 is 27.8 Å². The molecule has 1 saturated carbocycles. The Morgan fingerprint density at radius 2 is 1.40 bits per heavy atom. The highest BCUT2D eigenvalue weighted by Gasteiger charge is 2.54. The summed E-state index contributed by atoms with van der Waals surface area (Å²) in [5, 5.41) is 0.609. The van der Waals surface area contributed by atoms with Crippen LogP contribution in [0.25, 0.3) is 0 Å². The molecule has 0 saturated heterocycles. The Bertz CT molecular complexity index is 1630. The van der Waals surface area contributed by atoms with E-state index in [1.54, 1.807) is 14.2 Å². The molecule has 0 aromatic heterocycles. The van der Waals surface area contributed by atoms with E-state index in [2.05, 4.69) is 29.2 Å². The fraction of sp³-hybridized carbons (Fsp3) is 0.359. The molecule has 3 atom stereocenters. The summed E-state index contributed by atoms with van der Waals surface area (Å²) in [7, 11) is 3.31. The van der Waals surface area contributed by atoms with Gasteiger partial charge in [0.05, 0.1) is 20.8 Å². The Hall–Kier alpha value is -3.94. The van der Waals surface area contributed by atoms with E-state index in [0.29, 0.717) is 30.7 Å². The summed E-state index contributed by atoms with van der Waals surface area (Å²) in [6.45, 7) is 2.36. The van der Waals surface area contributed by atoms with Gasteiger partial charge in [-0.1, -0.05) is 48.0 Å². The Kier molecular flexibility index (Phi) is 10.1. The van der Waals surface area contributed by atoms with Gasteiger partial charge in [0.2, 0.25) is 0 Å². The summed E-state index contributed by atoms with van der Waals surface area (Å²) in [5.41, 5.74) is 2.77. The van der Waals surface area contributed by atoms with E-state index in [1.165, 1.54) is 6.07 Å². The summed E-state index contributed by atoms with van der Waals surface area (Å²) in [6.07, 6.45) is 2.60. The number of methoxy groups -OCH3 is 2. The number of hydrogen-bond donors (Lipinski definition) is 0. The highest BCUT2D eigenvalue weighted by atomic mass is 35.5. The third kappa shape index (κ3) is 7.16. The van der Waals surface area contributed by atoms with E-state index in [1.807, 2.05) is 48.5 Å². The van der Waals surface area contributed by atoms with Gasteiger partial charge in [0.25, 0.3) is 0 Å². The first kappa shape index (κ1) is 33.0. The molecule has 4 aromatic carbocycles. The molecular formula is C39H40ClF2NO4. The average molecular weight is 660 g/mol. The lowest BCUT2D eigenvalue weighted by Gasteiger charge is -2.51. The molecule has 0 N–H and O–H groups in total. The molecular weight excluding hydrogens is 620 g/mol. The average Bonchev–Trinajstić information content (AvgIpc) is 3.09. The molecule has 0 spiro atoms. The minimum atomic E-state index is -0.780. The minimum absolute atomic E-state index is 0.0199. The number of fused-ring (bicyclic) bond motifs is 3. The molecule has 246 valence electrons. The lowest BCUT2D eigenvalue weighted by Crippen LogP contribution is -2.53. The maximum Gasteiger partial charge on any atom is 0.165 e. The Balaban J connectivity index is 1.25. The van der Waals surface area contributed by atoms with Crippen LogP contribution in [-0.2, 0) is 29.7 Å². The zero-order chi connectivity index (χ0) is 33.0. The first-order chi connectivity index (χ1) is 22.8. The molecule has 0 bridgehead atoms. The highest BCUT2D eigenvalue weighted by molar-refractivity contribution is 6.30. The first-order valence-corrected chi connectivity index (χ1v) is 16.5. The second-order valence-electron chi connectivity index (χ2n) is 12.7. The van der Waals surface area contributed by atoms with Crippen molar-refractivity contribution in [1.82, 2.24) is 4.90 Å². The summed E-state index contributed by atoms with van der Waals surface area (Å²) in [6, 6.07) is 25.9. The predicted molar refractivity (Wildman–Crippen MR) is 179 cm³/mol. The number of ketones is 1. The van der Waals surface area contributed by atoms with Crippen LogP contribution in [-0.4, -0.2) is 38.1 Å². The zero-order valence-electron chi connectivity index (χ0n) is 26.8. The second-order valence-corrected chi connectivity index (χ2v) is 13.2. The number of Topliss-reactive ketones (excluding diaryl/α,β-unsaturated/α-hetero) is 1. The molecule has 0 radical (unpaired) electrons. The molecule has 5 nitrogen and oxygen atoms in total. The molecule has 6 rings (SSSR count). The molecule has 1 aliphatic heterocycles. The fourth-order valence-electron chi connectivity index (χ4n) is 7.59. The number of benzene rings is 4. The quantitative estimate of drug-likeness (QED) is 0.152. The maximum absolute atomic E-state index is 15.8. The van der Waals surface area contributed by atoms with Gasteiger partial charge in [0.1, 0.15) is 23.1 Å². The lowest BCUT2D eigenvalue weighted by atomic mass is 9.54. The second kappa shape index (κ2) is 14.4. The number of carbonyl (C=O) groups is 1. The maximum atomic E-state index is 15.8. The van der Waals surface area contributed by atoms with Crippen LogP contribution in [0.2, 0.25) is 5.02 Å². The van der Waals surface area contributed by atoms with Crippen molar-refractivity contribution in [3.05, 3.63) is 124 Å². The molecule has 1 fully saturated rings. The smallest absolute Gasteiger partial charge is 0.165 e. The predicted octanol–water partition coefficient (Wildman–Crippen LogP) is 8.59. The van der Waals surface area contributed by atoms with Crippen LogP contribution in [0, 0.1) is 23.5 Å². The van der Waals surface area contributed by atoms with Crippen molar-refractivity contribution in [1.29, 1.82) is 0 Å². The van der Waals surface area contributed by atoms with Gasteiger partial charge >= 0.3 is 0 Å². The Morgan fingerprint density at radius 3 is 2.00 bits per heavy atom. The summed E-state index contributed by atoms with van der Waals surface area (Å²) in [5.74, 6) is 0.0724. The van der Waals surface area contributed by atoms with E-state index >= 15 is 8.78 Å². The van der Waals surface area contributed by atoms with Crippen molar-refractivity contribution in [3.63, 3.8) is 0 Å². The topological polar surface area (TPSA) is 48.0 Å². The van der Waals surface area contributed by atoms with Crippen molar-refractivity contribution >= 4 is 17.4 Å². The number of ether oxygens (including phenoxy) is 3. The van der Waals surface area contributed by atoms with Crippen LogP contribution in [0.3, 0.4) is 0 Å². The fourth-order valence-corrected chi connectivity index (χ4v) is 7.71. The molecule has 1 aliphatic carbocycles. The first-order valence-electron chi connectivity index (χ1n) is 16.2. The van der Waals surface area contributed by atoms with Gasteiger partial charge in [-0.25, -0.2) is 8.78 Å². The van der Waals surface area contributed by atoms with E-state index in [0.717, 1.165) is 60.3 Å².